The van der Waals surface area contributed by atoms with Crippen molar-refractivity contribution < 1.29 is 9.13 Å². The maximum atomic E-state index is 12.6. The van der Waals surface area contributed by atoms with Gasteiger partial charge in [0.05, 0.1) is 13.2 Å². The largest absolute Gasteiger partial charge is 0.375 e. The van der Waals surface area contributed by atoms with Crippen LogP contribution in [0, 0.1) is 11.7 Å². The Bertz CT molecular complexity index is 299. The zero-order valence-electron chi connectivity index (χ0n) is 9.95. The Labute approximate surface area is 96.6 Å². The summed E-state index contributed by atoms with van der Waals surface area (Å²) in [4.78, 5) is 0. The summed E-state index contributed by atoms with van der Waals surface area (Å²) in [5.74, 6) is 0.244. The SMILES string of the molecule is CCC(C)[C@H](N)COCc1ccc(F)cc1. The molecule has 0 fully saturated rings. The van der Waals surface area contributed by atoms with Crippen LogP contribution in [0.5, 0.6) is 0 Å². The second kappa shape index (κ2) is 6.61. The minimum absolute atomic E-state index is 0.0745. The normalized spacial score (nSPS) is 14.8. The summed E-state index contributed by atoms with van der Waals surface area (Å²) in [7, 11) is 0. The quantitative estimate of drug-likeness (QED) is 0.808. The first-order valence-electron chi connectivity index (χ1n) is 5.71. The number of rotatable bonds is 6. The third-order valence-corrected chi connectivity index (χ3v) is 2.87. The van der Waals surface area contributed by atoms with E-state index in [0.717, 1.165) is 12.0 Å². The molecule has 1 rings (SSSR count). The smallest absolute Gasteiger partial charge is 0.123 e. The van der Waals surface area contributed by atoms with Crippen LogP contribution < -0.4 is 5.73 Å². The van der Waals surface area contributed by atoms with E-state index in [1.807, 2.05) is 0 Å². The van der Waals surface area contributed by atoms with Crippen LogP contribution in [-0.2, 0) is 11.3 Å². The van der Waals surface area contributed by atoms with Gasteiger partial charge >= 0.3 is 0 Å². The van der Waals surface area contributed by atoms with E-state index in [-0.39, 0.29) is 11.9 Å². The topological polar surface area (TPSA) is 35.2 Å². The molecule has 3 heteroatoms. The third kappa shape index (κ3) is 4.29. The van der Waals surface area contributed by atoms with Crippen LogP contribution >= 0.6 is 0 Å². The van der Waals surface area contributed by atoms with Gasteiger partial charge in [0, 0.05) is 6.04 Å². The van der Waals surface area contributed by atoms with E-state index in [1.54, 1.807) is 12.1 Å². The van der Waals surface area contributed by atoms with Gasteiger partial charge in [-0.05, 0) is 23.6 Å². The van der Waals surface area contributed by atoms with Gasteiger partial charge in [-0.3, -0.25) is 0 Å². The van der Waals surface area contributed by atoms with Crippen molar-refractivity contribution in [2.24, 2.45) is 11.7 Å². The first kappa shape index (κ1) is 13.1. The van der Waals surface area contributed by atoms with Crippen LogP contribution in [0.1, 0.15) is 25.8 Å². The molecular formula is C13H20FNO. The molecule has 0 bridgehead atoms. The molecule has 2 N–H and O–H groups in total. The average Bonchev–Trinajstić information content (AvgIpc) is 2.30. The first-order chi connectivity index (χ1) is 7.63. The lowest BCUT2D eigenvalue weighted by Gasteiger charge is -2.18. The van der Waals surface area contributed by atoms with Gasteiger partial charge in [-0.1, -0.05) is 32.4 Å². The summed E-state index contributed by atoms with van der Waals surface area (Å²) in [5, 5.41) is 0. The zero-order chi connectivity index (χ0) is 12.0. The van der Waals surface area contributed by atoms with Crippen LogP contribution in [0.15, 0.2) is 24.3 Å². The van der Waals surface area contributed by atoms with Crippen LogP contribution in [-0.4, -0.2) is 12.6 Å². The lowest BCUT2D eigenvalue weighted by molar-refractivity contribution is 0.0946. The van der Waals surface area contributed by atoms with Crippen molar-refractivity contribution in [3.63, 3.8) is 0 Å². The maximum absolute atomic E-state index is 12.6. The van der Waals surface area contributed by atoms with Crippen molar-refractivity contribution >= 4 is 0 Å². The van der Waals surface area contributed by atoms with Gasteiger partial charge in [0.25, 0.3) is 0 Å². The minimum atomic E-state index is -0.222. The van der Waals surface area contributed by atoms with Gasteiger partial charge in [-0.2, -0.15) is 0 Å². The summed E-state index contributed by atoms with van der Waals surface area (Å²) >= 11 is 0. The molecule has 2 nitrogen and oxygen atoms in total. The number of benzene rings is 1. The Morgan fingerprint density at radius 3 is 2.50 bits per heavy atom. The molecule has 0 radical (unpaired) electrons. The Morgan fingerprint density at radius 1 is 1.31 bits per heavy atom. The molecule has 0 heterocycles. The molecule has 1 aromatic rings. The molecule has 0 spiro atoms. The number of hydrogen-bond acceptors (Lipinski definition) is 2. The number of hydrogen-bond donors (Lipinski definition) is 1. The van der Waals surface area contributed by atoms with Crippen LogP contribution in [0.3, 0.4) is 0 Å². The van der Waals surface area contributed by atoms with Crippen molar-refractivity contribution in [2.45, 2.75) is 32.9 Å². The molecule has 2 atom stereocenters. The molecule has 0 aliphatic heterocycles. The fourth-order valence-electron chi connectivity index (χ4n) is 1.36. The monoisotopic (exact) mass is 225 g/mol. The predicted octanol–water partition coefficient (Wildman–Crippen LogP) is 2.72. The van der Waals surface area contributed by atoms with Crippen molar-refractivity contribution in [3.05, 3.63) is 35.6 Å². The molecule has 1 unspecified atom stereocenters. The zero-order valence-corrected chi connectivity index (χ0v) is 9.95. The van der Waals surface area contributed by atoms with Crippen LogP contribution in [0.2, 0.25) is 0 Å². The number of halogens is 1. The summed E-state index contributed by atoms with van der Waals surface area (Å²) in [6.45, 7) is 5.27. The highest BCUT2D eigenvalue weighted by atomic mass is 19.1. The molecule has 0 aliphatic carbocycles. The highest BCUT2D eigenvalue weighted by Gasteiger charge is 2.10. The Hall–Kier alpha value is -0.930. The molecule has 0 aliphatic rings. The van der Waals surface area contributed by atoms with E-state index < -0.39 is 0 Å². The summed E-state index contributed by atoms with van der Waals surface area (Å²) in [5.41, 5.74) is 6.90. The average molecular weight is 225 g/mol. The molecular weight excluding hydrogens is 205 g/mol. The van der Waals surface area contributed by atoms with E-state index in [2.05, 4.69) is 13.8 Å². The van der Waals surface area contributed by atoms with Gasteiger partial charge < -0.3 is 10.5 Å². The second-order valence-electron chi connectivity index (χ2n) is 4.19. The maximum Gasteiger partial charge on any atom is 0.123 e. The molecule has 0 amide bonds. The molecule has 0 aromatic heterocycles. The van der Waals surface area contributed by atoms with Gasteiger partial charge in [-0.15, -0.1) is 0 Å². The van der Waals surface area contributed by atoms with Crippen molar-refractivity contribution in [2.75, 3.05) is 6.61 Å². The Kier molecular flexibility index (Phi) is 5.43. The highest BCUT2D eigenvalue weighted by molar-refractivity contribution is 5.14. The number of nitrogens with two attached hydrogens (primary N) is 1. The predicted molar refractivity (Wildman–Crippen MR) is 63.5 cm³/mol. The van der Waals surface area contributed by atoms with Crippen molar-refractivity contribution in [1.29, 1.82) is 0 Å². The van der Waals surface area contributed by atoms with Gasteiger partial charge in [0.15, 0.2) is 0 Å². The second-order valence-corrected chi connectivity index (χ2v) is 4.19. The number of ether oxygens (including phenoxy) is 1. The van der Waals surface area contributed by atoms with E-state index in [4.69, 9.17) is 10.5 Å². The highest BCUT2D eigenvalue weighted by Crippen LogP contribution is 2.08. The Morgan fingerprint density at radius 2 is 1.94 bits per heavy atom. The first-order valence-corrected chi connectivity index (χ1v) is 5.71. The molecule has 90 valence electrons. The summed E-state index contributed by atoms with van der Waals surface area (Å²) in [6.07, 6.45) is 1.06. The van der Waals surface area contributed by atoms with E-state index in [1.165, 1.54) is 12.1 Å². The fourth-order valence-corrected chi connectivity index (χ4v) is 1.36. The molecule has 0 saturated carbocycles. The van der Waals surface area contributed by atoms with Gasteiger partial charge in [0.1, 0.15) is 5.82 Å². The van der Waals surface area contributed by atoms with Gasteiger partial charge in [0.2, 0.25) is 0 Å². The lowest BCUT2D eigenvalue weighted by Crippen LogP contribution is -2.32. The summed E-state index contributed by atoms with van der Waals surface area (Å²) in [6, 6.07) is 6.40. The standard InChI is InChI=1S/C13H20FNO/c1-3-10(2)13(15)9-16-8-11-4-6-12(14)7-5-11/h4-7,10,13H,3,8-9,15H2,1-2H3/t10?,13-/m1/s1. The van der Waals surface area contributed by atoms with Crippen molar-refractivity contribution in [3.8, 4) is 0 Å². The molecule has 16 heavy (non-hydrogen) atoms. The molecule has 1 aromatic carbocycles. The van der Waals surface area contributed by atoms with E-state index in [0.29, 0.717) is 19.1 Å². The minimum Gasteiger partial charge on any atom is -0.375 e. The fraction of sp³-hybridized carbons (Fsp3) is 0.538. The van der Waals surface area contributed by atoms with E-state index in [9.17, 15) is 4.39 Å². The van der Waals surface area contributed by atoms with Crippen LogP contribution in [0.4, 0.5) is 4.39 Å². The van der Waals surface area contributed by atoms with Crippen LogP contribution in [0.25, 0.3) is 0 Å². The van der Waals surface area contributed by atoms with E-state index >= 15 is 0 Å². The Balaban J connectivity index is 2.27. The molecule has 0 saturated heterocycles. The van der Waals surface area contributed by atoms with Crippen molar-refractivity contribution in [1.82, 2.24) is 0 Å². The van der Waals surface area contributed by atoms with Gasteiger partial charge in [-0.25, -0.2) is 4.39 Å². The third-order valence-electron chi connectivity index (χ3n) is 2.87. The summed E-state index contributed by atoms with van der Waals surface area (Å²) < 4.78 is 18.1. The lowest BCUT2D eigenvalue weighted by atomic mass is 10.0.